The molecule has 3 fully saturated rings. The standard InChI is InChI=1S/C16H15NO4/c18-14-12-9-1-2-10(7-9)13(12)15(19)17(14)11-5-3-8(4-6-11)16(20)21/h3-6,9-10,12-13H,1-2,7H2,(H,20,21)/t9-,10+,12+,13-. The highest BCUT2D eigenvalue weighted by Gasteiger charge is 2.61. The van der Waals surface area contributed by atoms with Crippen molar-refractivity contribution in [2.45, 2.75) is 19.3 Å². The van der Waals surface area contributed by atoms with Crippen LogP contribution in [0.1, 0.15) is 29.6 Å². The first kappa shape index (κ1) is 12.6. The van der Waals surface area contributed by atoms with E-state index in [1.165, 1.54) is 17.0 Å². The quantitative estimate of drug-likeness (QED) is 0.842. The van der Waals surface area contributed by atoms with E-state index in [1.807, 2.05) is 0 Å². The molecule has 4 atom stereocenters. The van der Waals surface area contributed by atoms with Crippen molar-refractivity contribution in [2.24, 2.45) is 23.7 Å². The fourth-order valence-electron chi connectivity index (χ4n) is 4.42. The van der Waals surface area contributed by atoms with Crippen molar-refractivity contribution >= 4 is 23.5 Å². The maximum absolute atomic E-state index is 12.6. The summed E-state index contributed by atoms with van der Waals surface area (Å²) in [7, 11) is 0. The van der Waals surface area contributed by atoms with Crippen molar-refractivity contribution < 1.29 is 19.5 Å². The molecule has 0 unspecified atom stereocenters. The Labute approximate surface area is 121 Å². The average molecular weight is 285 g/mol. The zero-order valence-corrected chi connectivity index (χ0v) is 11.4. The number of benzene rings is 1. The third-order valence-corrected chi connectivity index (χ3v) is 5.30. The monoisotopic (exact) mass is 285 g/mol. The van der Waals surface area contributed by atoms with Gasteiger partial charge in [0.1, 0.15) is 0 Å². The second-order valence-electron chi connectivity index (χ2n) is 6.25. The van der Waals surface area contributed by atoms with Gasteiger partial charge in [0.2, 0.25) is 11.8 Å². The molecule has 0 spiro atoms. The molecule has 1 N–H and O–H groups in total. The molecule has 2 amide bonds. The molecule has 1 aliphatic heterocycles. The fraction of sp³-hybridized carbons (Fsp3) is 0.438. The zero-order chi connectivity index (χ0) is 14.7. The highest BCUT2D eigenvalue weighted by atomic mass is 16.4. The van der Waals surface area contributed by atoms with Crippen LogP contribution in [0.4, 0.5) is 5.69 Å². The normalized spacial score (nSPS) is 33.6. The van der Waals surface area contributed by atoms with E-state index in [4.69, 9.17) is 5.11 Å². The van der Waals surface area contributed by atoms with Gasteiger partial charge in [0.15, 0.2) is 0 Å². The minimum atomic E-state index is -1.02. The van der Waals surface area contributed by atoms with Gasteiger partial charge in [0.25, 0.3) is 0 Å². The van der Waals surface area contributed by atoms with E-state index in [9.17, 15) is 14.4 Å². The molecular weight excluding hydrogens is 270 g/mol. The topological polar surface area (TPSA) is 74.7 Å². The predicted octanol–water partition coefficient (Wildman–Crippen LogP) is 1.92. The molecule has 21 heavy (non-hydrogen) atoms. The van der Waals surface area contributed by atoms with Crippen molar-refractivity contribution in [3.63, 3.8) is 0 Å². The van der Waals surface area contributed by atoms with Crippen LogP contribution >= 0.6 is 0 Å². The molecule has 5 nitrogen and oxygen atoms in total. The van der Waals surface area contributed by atoms with Gasteiger partial charge in [-0.1, -0.05) is 0 Å². The van der Waals surface area contributed by atoms with Crippen molar-refractivity contribution in [2.75, 3.05) is 4.90 Å². The van der Waals surface area contributed by atoms with Gasteiger partial charge >= 0.3 is 5.97 Å². The molecule has 1 aromatic carbocycles. The number of carbonyl (C=O) groups is 3. The highest BCUT2D eigenvalue weighted by molar-refractivity contribution is 6.22. The van der Waals surface area contributed by atoms with Crippen LogP contribution in [0.2, 0.25) is 0 Å². The predicted molar refractivity (Wildman–Crippen MR) is 73.7 cm³/mol. The summed E-state index contributed by atoms with van der Waals surface area (Å²) in [6.45, 7) is 0. The van der Waals surface area contributed by atoms with Gasteiger partial charge in [-0.05, 0) is 55.4 Å². The number of hydrogen-bond acceptors (Lipinski definition) is 3. The van der Waals surface area contributed by atoms with Crippen LogP contribution < -0.4 is 4.90 Å². The number of carboxylic acid groups (broad SMARTS) is 1. The van der Waals surface area contributed by atoms with Crippen LogP contribution in [0.15, 0.2) is 24.3 Å². The lowest BCUT2D eigenvalue weighted by Gasteiger charge is -2.19. The van der Waals surface area contributed by atoms with Crippen LogP contribution in [0, 0.1) is 23.7 Å². The summed E-state index contributed by atoms with van der Waals surface area (Å²) in [6.07, 6.45) is 3.12. The van der Waals surface area contributed by atoms with Gasteiger partial charge in [-0.2, -0.15) is 0 Å². The summed E-state index contributed by atoms with van der Waals surface area (Å²) in [5.41, 5.74) is 0.641. The summed E-state index contributed by atoms with van der Waals surface area (Å²) >= 11 is 0. The average Bonchev–Trinajstić information content (AvgIpc) is 3.13. The van der Waals surface area contributed by atoms with Crippen molar-refractivity contribution in [1.29, 1.82) is 0 Å². The van der Waals surface area contributed by atoms with E-state index in [0.717, 1.165) is 19.3 Å². The van der Waals surface area contributed by atoms with Gasteiger partial charge < -0.3 is 5.11 Å². The summed E-state index contributed by atoms with van der Waals surface area (Å²) < 4.78 is 0. The minimum Gasteiger partial charge on any atom is -0.478 e. The summed E-state index contributed by atoms with van der Waals surface area (Å²) in [4.78, 5) is 37.3. The molecule has 1 aromatic rings. The molecule has 2 saturated carbocycles. The van der Waals surface area contributed by atoms with Gasteiger partial charge in [-0.3, -0.25) is 14.5 Å². The molecule has 0 radical (unpaired) electrons. The second kappa shape index (κ2) is 4.16. The number of aromatic carboxylic acids is 1. The van der Waals surface area contributed by atoms with Crippen molar-refractivity contribution in [3.8, 4) is 0 Å². The fourth-order valence-corrected chi connectivity index (χ4v) is 4.42. The first-order valence-corrected chi connectivity index (χ1v) is 7.29. The number of imide groups is 1. The highest BCUT2D eigenvalue weighted by Crippen LogP contribution is 2.56. The number of amides is 2. The second-order valence-corrected chi connectivity index (χ2v) is 6.25. The Morgan fingerprint density at radius 2 is 1.52 bits per heavy atom. The molecule has 5 heteroatoms. The number of anilines is 1. The van der Waals surface area contributed by atoms with E-state index in [1.54, 1.807) is 12.1 Å². The van der Waals surface area contributed by atoms with Crippen LogP contribution in [-0.2, 0) is 9.59 Å². The van der Waals surface area contributed by atoms with E-state index < -0.39 is 5.97 Å². The minimum absolute atomic E-state index is 0.0970. The Bertz CT molecular complexity index is 623. The molecule has 0 aromatic heterocycles. The first-order valence-electron chi connectivity index (χ1n) is 7.29. The van der Waals surface area contributed by atoms with Gasteiger partial charge in [0.05, 0.1) is 23.1 Å². The Kier molecular flexibility index (Phi) is 2.49. The molecule has 3 aliphatic rings. The summed E-state index contributed by atoms with van der Waals surface area (Å²) in [5, 5.41) is 8.91. The van der Waals surface area contributed by atoms with E-state index >= 15 is 0 Å². The molecule has 4 rings (SSSR count). The molecular formula is C16H15NO4. The van der Waals surface area contributed by atoms with E-state index in [-0.39, 0.29) is 29.2 Å². The molecule has 2 aliphatic carbocycles. The molecule has 108 valence electrons. The van der Waals surface area contributed by atoms with Gasteiger partial charge in [0, 0.05) is 0 Å². The largest absolute Gasteiger partial charge is 0.478 e. The first-order chi connectivity index (χ1) is 10.1. The third-order valence-electron chi connectivity index (χ3n) is 5.30. The summed E-state index contributed by atoms with van der Waals surface area (Å²) in [5.74, 6) is -0.777. The number of carbonyl (C=O) groups excluding carboxylic acids is 2. The van der Waals surface area contributed by atoms with Crippen molar-refractivity contribution in [3.05, 3.63) is 29.8 Å². The van der Waals surface area contributed by atoms with Crippen LogP contribution in [-0.4, -0.2) is 22.9 Å². The van der Waals surface area contributed by atoms with E-state index in [2.05, 4.69) is 0 Å². The lowest BCUT2D eigenvalue weighted by molar-refractivity contribution is -0.123. The smallest absolute Gasteiger partial charge is 0.335 e. The van der Waals surface area contributed by atoms with E-state index in [0.29, 0.717) is 17.5 Å². The third kappa shape index (κ3) is 1.60. The maximum Gasteiger partial charge on any atom is 0.335 e. The maximum atomic E-state index is 12.6. The van der Waals surface area contributed by atoms with Gasteiger partial charge in [-0.15, -0.1) is 0 Å². The molecule has 1 heterocycles. The van der Waals surface area contributed by atoms with Crippen LogP contribution in [0.25, 0.3) is 0 Å². The van der Waals surface area contributed by atoms with Crippen LogP contribution in [0.5, 0.6) is 0 Å². The Morgan fingerprint density at radius 3 is 2.00 bits per heavy atom. The lowest BCUT2D eigenvalue weighted by Crippen LogP contribution is -2.32. The number of hydrogen-bond donors (Lipinski definition) is 1. The van der Waals surface area contributed by atoms with Crippen molar-refractivity contribution in [1.82, 2.24) is 0 Å². The Balaban J connectivity index is 1.68. The molecule has 1 saturated heterocycles. The SMILES string of the molecule is O=C(O)c1ccc(N2C(=O)[C@@H]3[C@H]4CC[C@H](C4)[C@@H]3C2=O)cc1. The number of nitrogens with zero attached hydrogens (tertiary/aromatic N) is 1. The molecule has 2 bridgehead atoms. The van der Waals surface area contributed by atoms with Gasteiger partial charge in [-0.25, -0.2) is 4.79 Å². The number of fused-ring (bicyclic) bond motifs is 5. The number of carboxylic acids is 1. The van der Waals surface area contributed by atoms with Crippen LogP contribution in [0.3, 0.4) is 0 Å². The summed E-state index contributed by atoms with van der Waals surface area (Å²) in [6, 6.07) is 5.95. The zero-order valence-electron chi connectivity index (χ0n) is 11.4. The Hall–Kier alpha value is -2.17. The number of rotatable bonds is 2. The Morgan fingerprint density at radius 1 is 1.00 bits per heavy atom. The lowest BCUT2D eigenvalue weighted by atomic mass is 9.81.